The van der Waals surface area contributed by atoms with E-state index in [1.165, 1.54) is 7.11 Å². The highest BCUT2D eigenvalue weighted by Gasteiger charge is 2.19. The van der Waals surface area contributed by atoms with Crippen molar-refractivity contribution in [3.63, 3.8) is 0 Å². The molecular weight excluding hydrogens is 360 g/mol. The van der Waals surface area contributed by atoms with Crippen LogP contribution in [0.5, 0.6) is 11.8 Å². The molecule has 2 N–H and O–H groups in total. The smallest absolute Gasteiger partial charge is 0.316 e. The monoisotopic (exact) mass is 386 g/mol. The molecule has 1 heterocycles. The maximum Gasteiger partial charge on any atom is 0.316 e. The molecule has 0 aliphatic heterocycles. The fraction of sp³-hybridized carbons (Fsp3) is 0.400. The van der Waals surface area contributed by atoms with Gasteiger partial charge in [-0.05, 0) is 38.1 Å². The minimum atomic E-state index is -0.382. The Hall–Kier alpha value is -3.16. The fourth-order valence-corrected chi connectivity index (χ4v) is 2.39. The molecule has 2 rings (SSSR count). The zero-order valence-corrected chi connectivity index (χ0v) is 16.8. The first-order valence-electron chi connectivity index (χ1n) is 9.11. The van der Waals surface area contributed by atoms with Crippen molar-refractivity contribution in [2.75, 3.05) is 19.0 Å². The minimum Gasteiger partial charge on any atom is -0.493 e. The number of carbonyl (C=O) groups excluding carboxylic acids is 2. The van der Waals surface area contributed by atoms with Crippen LogP contribution in [0.3, 0.4) is 0 Å². The zero-order valence-electron chi connectivity index (χ0n) is 16.8. The van der Waals surface area contributed by atoms with Gasteiger partial charge in [0.05, 0.1) is 31.0 Å². The number of rotatable bonds is 8. The molecule has 0 bridgehead atoms. The van der Waals surface area contributed by atoms with Crippen LogP contribution in [0, 0.1) is 5.92 Å². The van der Waals surface area contributed by atoms with Crippen LogP contribution in [0.4, 0.5) is 5.69 Å². The van der Waals surface area contributed by atoms with Crippen molar-refractivity contribution in [1.82, 2.24) is 15.3 Å². The Morgan fingerprint density at radius 3 is 2.57 bits per heavy atom. The number of methoxy groups -OCH3 is 1. The van der Waals surface area contributed by atoms with Gasteiger partial charge in [0, 0.05) is 17.8 Å². The lowest BCUT2D eigenvalue weighted by molar-refractivity contribution is -0.118. The summed E-state index contributed by atoms with van der Waals surface area (Å²) in [6.07, 6.45) is 1.57. The number of hydrogen-bond acceptors (Lipinski definition) is 6. The summed E-state index contributed by atoms with van der Waals surface area (Å²) in [6.45, 7) is 7.66. The third-order valence-electron chi connectivity index (χ3n) is 3.94. The average Bonchev–Trinajstić information content (AvgIpc) is 2.69. The van der Waals surface area contributed by atoms with E-state index < -0.39 is 0 Å². The van der Waals surface area contributed by atoms with Crippen molar-refractivity contribution in [2.24, 2.45) is 5.92 Å². The molecular formula is C20H26N4O4. The Morgan fingerprint density at radius 2 is 1.93 bits per heavy atom. The Labute approximate surface area is 164 Å². The molecule has 0 saturated carbocycles. The third kappa shape index (κ3) is 5.42. The number of aromatic nitrogens is 2. The number of benzene rings is 1. The molecule has 1 atom stereocenters. The lowest BCUT2D eigenvalue weighted by atomic mass is 10.1. The van der Waals surface area contributed by atoms with E-state index in [0.717, 1.165) is 0 Å². The van der Waals surface area contributed by atoms with Gasteiger partial charge in [-0.1, -0.05) is 13.8 Å². The summed E-state index contributed by atoms with van der Waals surface area (Å²) in [4.78, 5) is 33.0. The van der Waals surface area contributed by atoms with Crippen LogP contribution in [0.25, 0.3) is 0 Å². The summed E-state index contributed by atoms with van der Waals surface area (Å²) in [7, 11) is 1.48. The Morgan fingerprint density at radius 1 is 1.18 bits per heavy atom. The summed E-state index contributed by atoms with van der Waals surface area (Å²) in [5.74, 6) is -0.197. The molecule has 0 aliphatic carbocycles. The molecule has 1 aromatic carbocycles. The van der Waals surface area contributed by atoms with Crippen LogP contribution in [-0.2, 0) is 4.79 Å². The van der Waals surface area contributed by atoms with E-state index in [1.54, 1.807) is 44.3 Å². The van der Waals surface area contributed by atoms with Gasteiger partial charge >= 0.3 is 6.01 Å². The first-order chi connectivity index (χ1) is 13.3. The van der Waals surface area contributed by atoms with Gasteiger partial charge in [-0.15, -0.1) is 0 Å². The molecule has 150 valence electrons. The van der Waals surface area contributed by atoms with E-state index in [0.29, 0.717) is 29.3 Å². The van der Waals surface area contributed by atoms with Crippen molar-refractivity contribution in [3.05, 3.63) is 41.7 Å². The number of anilines is 1. The fourth-order valence-electron chi connectivity index (χ4n) is 2.39. The maximum atomic E-state index is 12.9. The van der Waals surface area contributed by atoms with Crippen LogP contribution in [0.15, 0.2) is 30.5 Å². The van der Waals surface area contributed by atoms with Gasteiger partial charge in [-0.2, -0.15) is 4.98 Å². The molecule has 0 fully saturated rings. The van der Waals surface area contributed by atoms with Crippen molar-refractivity contribution in [2.45, 2.75) is 33.7 Å². The average molecular weight is 386 g/mol. The van der Waals surface area contributed by atoms with E-state index >= 15 is 0 Å². The number of carbonyl (C=O) groups is 2. The predicted octanol–water partition coefficient (Wildman–Crippen LogP) is 2.97. The second-order valence-corrected chi connectivity index (χ2v) is 6.45. The van der Waals surface area contributed by atoms with Gasteiger partial charge in [-0.3, -0.25) is 9.59 Å². The SMILES string of the molecule is CCOc1ccc(NC(=O)C(C)C)cc1C(=O)NC(C)c1ccnc(OC)n1. The minimum absolute atomic E-state index is 0.128. The lowest BCUT2D eigenvalue weighted by Gasteiger charge is -2.17. The molecule has 0 radical (unpaired) electrons. The maximum absolute atomic E-state index is 12.9. The van der Waals surface area contributed by atoms with Crippen molar-refractivity contribution in [3.8, 4) is 11.8 Å². The number of nitrogens with one attached hydrogen (secondary N) is 2. The third-order valence-corrected chi connectivity index (χ3v) is 3.94. The van der Waals surface area contributed by atoms with E-state index in [2.05, 4.69) is 20.6 Å². The largest absolute Gasteiger partial charge is 0.493 e. The van der Waals surface area contributed by atoms with Crippen molar-refractivity contribution >= 4 is 17.5 Å². The lowest BCUT2D eigenvalue weighted by Crippen LogP contribution is -2.28. The van der Waals surface area contributed by atoms with Gasteiger partial charge in [0.15, 0.2) is 0 Å². The van der Waals surface area contributed by atoms with Crippen LogP contribution in [0.1, 0.15) is 49.8 Å². The first-order valence-corrected chi connectivity index (χ1v) is 9.11. The van der Waals surface area contributed by atoms with Gasteiger partial charge < -0.3 is 20.1 Å². The highest BCUT2D eigenvalue weighted by molar-refractivity contribution is 6.00. The molecule has 8 heteroatoms. The molecule has 0 saturated heterocycles. The molecule has 1 aromatic heterocycles. The Kier molecular flexibility index (Phi) is 7.31. The Bertz CT molecular complexity index is 839. The quantitative estimate of drug-likeness (QED) is 0.723. The second-order valence-electron chi connectivity index (χ2n) is 6.45. The van der Waals surface area contributed by atoms with Crippen LogP contribution in [-0.4, -0.2) is 35.5 Å². The molecule has 0 spiro atoms. The Balaban J connectivity index is 2.24. The summed E-state index contributed by atoms with van der Waals surface area (Å²) in [5.41, 5.74) is 1.47. The van der Waals surface area contributed by atoms with Gasteiger partial charge in [0.25, 0.3) is 5.91 Å². The van der Waals surface area contributed by atoms with Crippen molar-refractivity contribution in [1.29, 1.82) is 0 Å². The molecule has 0 aliphatic rings. The highest BCUT2D eigenvalue weighted by atomic mass is 16.5. The number of nitrogens with zero attached hydrogens (tertiary/aromatic N) is 2. The molecule has 2 aromatic rings. The van der Waals surface area contributed by atoms with Crippen LogP contribution >= 0.6 is 0 Å². The highest BCUT2D eigenvalue weighted by Crippen LogP contribution is 2.24. The van der Waals surface area contributed by atoms with Gasteiger partial charge in [0.2, 0.25) is 5.91 Å². The van der Waals surface area contributed by atoms with E-state index in [9.17, 15) is 9.59 Å². The zero-order chi connectivity index (χ0) is 20.7. The molecule has 1 unspecified atom stereocenters. The van der Waals surface area contributed by atoms with Crippen LogP contribution in [0.2, 0.25) is 0 Å². The molecule has 28 heavy (non-hydrogen) atoms. The van der Waals surface area contributed by atoms with Gasteiger partial charge in [0.1, 0.15) is 5.75 Å². The topological polar surface area (TPSA) is 102 Å². The standard InChI is InChI=1S/C20H26N4O4/c1-6-28-17-8-7-14(23-18(25)12(2)3)11-15(17)19(26)22-13(4)16-9-10-21-20(24-16)27-5/h7-13H,6H2,1-5H3,(H,22,26)(H,23,25). The normalized spacial score (nSPS) is 11.6. The number of hydrogen-bond donors (Lipinski definition) is 2. The van der Waals surface area contributed by atoms with E-state index in [-0.39, 0.29) is 29.8 Å². The molecule has 2 amide bonds. The van der Waals surface area contributed by atoms with Crippen molar-refractivity contribution < 1.29 is 19.1 Å². The second kappa shape index (κ2) is 9.68. The van der Waals surface area contributed by atoms with Crippen LogP contribution < -0.4 is 20.1 Å². The number of amides is 2. The first kappa shape index (κ1) is 21.1. The summed E-state index contributed by atoms with van der Waals surface area (Å²) < 4.78 is 10.6. The summed E-state index contributed by atoms with van der Waals surface area (Å²) in [5, 5.41) is 5.68. The number of ether oxygens (including phenoxy) is 2. The summed E-state index contributed by atoms with van der Waals surface area (Å²) in [6, 6.07) is 6.54. The van der Waals surface area contributed by atoms with Gasteiger partial charge in [-0.25, -0.2) is 4.98 Å². The summed E-state index contributed by atoms with van der Waals surface area (Å²) >= 11 is 0. The van der Waals surface area contributed by atoms with E-state index in [1.807, 2.05) is 13.8 Å². The molecule has 8 nitrogen and oxygen atoms in total. The predicted molar refractivity (Wildman–Crippen MR) is 106 cm³/mol. The van der Waals surface area contributed by atoms with E-state index in [4.69, 9.17) is 9.47 Å².